The highest BCUT2D eigenvalue weighted by molar-refractivity contribution is 7.09. The molecule has 0 unspecified atom stereocenters. The van der Waals surface area contributed by atoms with Crippen LogP contribution in [0.4, 0.5) is 0 Å². The summed E-state index contributed by atoms with van der Waals surface area (Å²) in [7, 11) is 0. The van der Waals surface area contributed by atoms with Gasteiger partial charge in [-0.05, 0) is 0 Å². The molecule has 0 fully saturated rings. The Morgan fingerprint density at radius 2 is 2.50 bits per heavy atom. The quantitative estimate of drug-likeness (QED) is 0.809. The van der Waals surface area contributed by atoms with Crippen molar-refractivity contribution in [2.75, 3.05) is 6.61 Å². The molecule has 0 atom stereocenters. The Labute approximate surface area is 79.6 Å². The van der Waals surface area contributed by atoms with Crippen LogP contribution in [0.15, 0.2) is 11.6 Å². The summed E-state index contributed by atoms with van der Waals surface area (Å²) in [5.41, 5.74) is 0. The fraction of sp³-hybridized carbons (Fsp3) is 0.333. The largest absolute Gasteiger partial charge is 0.480 e. The first-order chi connectivity index (χ1) is 5.29. The first kappa shape index (κ1) is 11.4. The Morgan fingerprint density at radius 1 is 1.75 bits per heavy atom. The fourth-order valence-corrected chi connectivity index (χ4v) is 1.10. The number of hydrogen-bond acceptors (Lipinski definition) is 4. The second-order valence-corrected chi connectivity index (χ2v) is 2.79. The van der Waals surface area contributed by atoms with Crippen molar-refractivity contribution in [3.8, 4) is 0 Å². The summed E-state index contributed by atoms with van der Waals surface area (Å²) >= 11 is 1.45. The molecule has 6 heteroatoms. The van der Waals surface area contributed by atoms with E-state index in [4.69, 9.17) is 9.84 Å². The van der Waals surface area contributed by atoms with Gasteiger partial charge in [-0.2, -0.15) is 0 Å². The zero-order valence-corrected chi connectivity index (χ0v) is 7.73. The number of nitrogens with zero attached hydrogens (tertiary/aromatic N) is 1. The third-order valence-corrected chi connectivity index (χ3v) is 1.69. The minimum absolute atomic E-state index is 0. The molecule has 0 aliphatic carbocycles. The molecule has 68 valence electrons. The van der Waals surface area contributed by atoms with Gasteiger partial charge < -0.3 is 9.84 Å². The Morgan fingerprint density at radius 3 is 3.00 bits per heavy atom. The number of carbonyl (C=O) groups is 1. The summed E-state index contributed by atoms with van der Waals surface area (Å²) in [5.74, 6) is -0.957. The van der Waals surface area contributed by atoms with E-state index in [-0.39, 0.29) is 25.6 Å². The average Bonchev–Trinajstić information content (AvgIpc) is 2.39. The summed E-state index contributed by atoms with van der Waals surface area (Å²) in [6, 6.07) is 0. The number of halogens is 1. The van der Waals surface area contributed by atoms with Crippen LogP contribution in [0.3, 0.4) is 0 Å². The predicted molar refractivity (Wildman–Crippen MR) is 46.7 cm³/mol. The Bertz CT molecular complexity index is 227. The molecule has 0 aromatic carbocycles. The number of thiazole rings is 1. The van der Waals surface area contributed by atoms with Crippen LogP contribution in [0.1, 0.15) is 5.01 Å². The van der Waals surface area contributed by atoms with Gasteiger partial charge in [-0.25, -0.2) is 9.78 Å². The van der Waals surface area contributed by atoms with Crippen LogP contribution < -0.4 is 0 Å². The number of rotatable bonds is 4. The lowest BCUT2D eigenvalue weighted by Gasteiger charge is -1.95. The number of carboxylic acid groups (broad SMARTS) is 1. The minimum atomic E-state index is -0.957. The molecule has 4 nitrogen and oxygen atoms in total. The molecule has 0 saturated carbocycles. The zero-order valence-electron chi connectivity index (χ0n) is 6.10. The lowest BCUT2D eigenvalue weighted by molar-refractivity contribution is -0.142. The first-order valence-corrected chi connectivity index (χ1v) is 3.85. The van der Waals surface area contributed by atoms with Gasteiger partial charge in [0.05, 0.1) is 6.61 Å². The zero-order chi connectivity index (χ0) is 8.10. The van der Waals surface area contributed by atoms with Gasteiger partial charge >= 0.3 is 5.97 Å². The fourth-order valence-electron chi connectivity index (χ4n) is 0.550. The molecule has 1 heterocycles. The second-order valence-electron chi connectivity index (χ2n) is 1.81. The minimum Gasteiger partial charge on any atom is -0.480 e. The topological polar surface area (TPSA) is 59.4 Å². The monoisotopic (exact) mass is 209 g/mol. The molecule has 0 aliphatic rings. The van der Waals surface area contributed by atoms with Crippen LogP contribution in [0.25, 0.3) is 0 Å². The van der Waals surface area contributed by atoms with Gasteiger partial charge in [0.15, 0.2) is 0 Å². The molecular formula is C6H8ClNO3S. The van der Waals surface area contributed by atoms with Crippen LogP contribution in [-0.2, 0) is 16.1 Å². The molecule has 0 spiro atoms. The van der Waals surface area contributed by atoms with Crippen molar-refractivity contribution in [2.45, 2.75) is 6.61 Å². The van der Waals surface area contributed by atoms with Crippen molar-refractivity contribution in [3.05, 3.63) is 16.6 Å². The molecule has 1 N–H and O–H groups in total. The number of aromatic nitrogens is 1. The van der Waals surface area contributed by atoms with Crippen molar-refractivity contribution in [1.82, 2.24) is 4.98 Å². The Hall–Kier alpha value is -0.650. The summed E-state index contributed by atoms with van der Waals surface area (Å²) in [5, 5.41) is 10.8. The molecular weight excluding hydrogens is 202 g/mol. The smallest absolute Gasteiger partial charge is 0.329 e. The van der Waals surface area contributed by atoms with Crippen molar-refractivity contribution in [2.24, 2.45) is 0 Å². The van der Waals surface area contributed by atoms with Crippen LogP contribution in [0.5, 0.6) is 0 Å². The molecule has 1 rings (SSSR count). The highest BCUT2D eigenvalue weighted by Crippen LogP contribution is 2.04. The first-order valence-electron chi connectivity index (χ1n) is 2.97. The van der Waals surface area contributed by atoms with Crippen molar-refractivity contribution >= 4 is 29.7 Å². The lowest BCUT2D eigenvalue weighted by atomic mass is 10.7. The maximum atomic E-state index is 9.99. The second kappa shape index (κ2) is 5.93. The Balaban J connectivity index is 0.00000121. The van der Waals surface area contributed by atoms with Crippen LogP contribution in [0, 0.1) is 0 Å². The van der Waals surface area contributed by atoms with Crippen molar-refractivity contribution < 1.29 is 14.6 Å². The van der Waals surface area contributed by atoms with Gasteiger partial charge in [0.2, 0.25) is 0 Å². The number of carboxylic acids is 1. The lowest BCUT2D eigenvalue weighted by Crippen LogP contribution is -2.06. The standard InChI is InChI=1S/C6H7NO3S.ClH/c8-6(9)4-10-3-5-7-1-2-11-5;/h1-2H,3-4H2,(H,8,9);1H. The molecule has 12 heavy (non-hydrogen) atoms. The summed E-state index contributed by atoms with van der Waals surface area (Å²) in [6.07, 6.45) is 1.66. The van der Waals surface area contributed by atoms with E-state index in [1.54, 1.807) is 6.20 Å². The van der Waals surface area contributed by atoms with Crippen molar-refractivity contribution in [1.29, 1.82) is 0 Å². The maximum Gasteiger partial charge on any atom is 0.329 e. The van der Waals surface area contributed by atoms with E-state index in [0.717, 1.165) is 5.01 Å². The van der Waals surface area contributed by atoms with E-state index in [9.17, 15) is 4.79 Å². The Kier molecular flexibility index (Phi) is 5.61. The van der Waals surface area contributed by atoms with E-state index in [1.807, 2.05) is 5.38 Å². The molecule has 0 amide bonds. The highest BCUT2D eigenvalue weighted by Gasteiger charge is 1.98. The van der Waals surface area contributed by atoms with Gasteiger partial charge in [0.25, 0.3) is 0 Å². The van der Waals surface area contributed by atoms with E-state index in [0.29, 0.717) is 0 Å². The molecule has 1 aromatic rings. The third-order valence-electron chi connectivity index (χ3n) is 0.935. The van der Waals surface area contributed by atoms with E-state index < -0.39 is 5.97 Å². The van der Waals surface area contributed by atoms with Crippen LogP contribution >= 0.6 is 23.7 Å². The molecule has 0 saturated heterocycles. The van der Waals surface area contributed by atoms with Gasteiger partial charge in [-0.1, -0.05) is 0 Å². The highest BCUT2D eigenvalue weighted by atomic mass is 35.5. The maximum absolute atomic E-state index is 9.99. The van der Waals surface area contributed by atoms with Crippen molar-refractivity contribution in [3.63, 3.8) is 0 Å². The SMILES string of the molecule is Cl.O=C(O)COCc1nccs1. The van der Waals surface area contributed by atoms with E-state index in [1.165, 1.54) is 11.3 Å². The van der Waals surface area contributed by atoms with E-state index in [2.05, 4.69) is 4.98 Å². The summed E-state index contributed by atoms with van der Waals surface area (Å²) < 4.78 is 4.79. The number of ether oxygens (including phenoxy) is 1. The van der Waals surface area contributed by atoms with Gasteiger partial charge in [0, 0.05) is 11.6 Å². The van der Waals surface area contributed by atoms with Crippen LogP contribution in [-0.4, -0.2) is 22.7 Å². The van der Waals surface area contributed by atoms with Gasteiger partial charge in [-0.15, -0.1) is 23.7 Å². The molecule has 0 radical (unpaired) electrons. The normalized spacial score (nSPS) is 9.00. The summed E-state index contributed by atoms with van der Waals surface area (Å²) in [6.45, 7) is 0.0174. The van der Waals surface area contributed by atoms with Gasteiger partial charge in [0.1, 0.15) is 11.6 Å². The predicted octanol–water partition coefficient (Wildman–Crippen LogP) is 1.17. The average molecular weight is 210 g/mol. The number of aliphatic carboxylic acids is 1. The van der Waals surface area contributed by atoms with Crippen LogP contribution in [0.2, 0.25) is 0 Å². The molecule has 0 bridgehead atoms. The molecule has 1 aromatic heterocycles. The summed E-state index contributed by atoms with van der Waals surface area (Å²) in [4.78, 5) is 13.9. The van der Waals surface area contributed by atoms with E-state index >= 15 is 0 Å². The number of hydrogen-bond donors (Lipinski definition) is 1. The van der Waals surface area contributed by atoms with Gasteiger partial charge in [-0.3, -0.25) is 0 Å². The third kappa shape index (κ3) is 4.27. The molecule has 0 aliphatic heterocycles.